The van der Waals surface area contributed by atoms with Crippen LogP contribution in [0, 0.1) is 6.92 Å². The third-order valence-electron chi connectivity index (χ3n) is 2.47. The van der Waals surface area contributed by atoms with E-state index in [9.17, 15) is 4.79 Å². The lowest BCUT2D eigenvalue weighted by Gasteiger charge is -1.94. The van der Waals surface area contributed by atoms with Gasteiger partial charge in [-0.3, -0.25) is 4.79 Å². The topological polar surface area (TPSA) is 30.2 Å². The zero-order valence-corrected chi connectivity index (χ0v) is 10.1. The van der Waals surface area contributed by atoms with Crippen LogP contribution in [0.1, 0.15) is 35.9 Å². The van der Waals surface area contributed by atoms with E-state index < -0.39 is 0 Å². The second-order valence-corrected chi connectivity index (χ2v) is 4.36. The number of ketones is 1. The van der Waals surface area contributed by atoms with Crippen molar-refractivity contribution in [2.24, 2.45) is 0 Å². The second kappa shape index (κ2) is 4.30. The van der Waals surface area contributed by atoms with E-state index in [0.717, 1.165) is 17.4 Å². The van der Waals surface area contributed by atoms with Gasteiger partial charge < -0.3 is 4.42 Å². The van der Waals surface area contributed by atoms with Crippen LogP contribution >= 0.6 is 11.6 Å². The number of furan rings is 1. The van der Waals surface area contributed by atoms with Crippen LogP contribution in [-0.2, 0) is 0 Å². The van der Waals surface area contributed by atoms with Crippen molar-refractivity contribution in [1.82, 2.24) is 0 Å². The summed E-state index contributed by atoms with van der Waals surface area (Å²) in [5.41, 5.74) is 1.67. The molecule has 16 heavy (non-hydrogen) atoms. The van der Waals surface area contributed by atoms with Gasteiger partial charge in [0.2, 0.25) is 0 Å². The van der Waals surface area contributed by atoms with Gasteiger partial charge in [-0.05, 0) is 37.1 Å². The van der Waals surface area contributed by atoms with E-state index in [-0.39, 0.29) is 5.78 Å². The van der Waals surface area contributed by atoms with Gasteiger partial charge in [0.15, 0.2) is 17.1 Å². The zero-order chi connectivity index (χ0) is 11.7. The maximum atomic E-state index is 11.7. The minimum atomic E-state index is 0.0346. The lowest BCUT2D eigenvalue weighted by atomic mass is 10.1. The Morgan fingerprint density at radius 1 is 1.38 bits per heavy atom. The highest BCUT2D eigenvalue weighted by Crippen LogP contribution is 2.28. The molecule has 3 heteroatoms. The van der Waals surface area contributed by atoms with Crippen LogP contribution in [-0.4, -0.2) is 5.78 Å². The number of carbonyl (C=O) groups is 1. The number of fused-ring (bicyclic) bond motifs is 1. The van der Waals surface area contributed by atoms with Crippen LogP contribution in [0.25, 0.3) is 11.0 Å². The van der Waals surface area contributed by atoms with Crippen LogP contribution in [0.4, 0.5) is 0 Å². The predicted molar refractivity (Wildman–Crippen MR) is 65.2 cm³/mol. The highest BCUT2D eigenvalue weighted by Gasteiger charge is 2.13. The Morgan fingerprint density at radius 2 is 2.12 bits per heavy atom. The Labute approximate surface area is 99.2 Å². The molecule has 0 N–H and O–H groups in total. The summed E-state index contributed by atoms with van der Waals surface area (Å²) in [5.74, 6) is 0.441. The third kappa shape index (κ3) is 1.98. The zero-order valence-electron chi connectivity index (χ0n) is 9.34. The van der Waals surface area contributed by atoms with Gasteiger partial charge in [-0.2, -0.15) is 0 Å². The first-order chi connectivity index (χ1) is 7.61. The molecule has 84 valence electrons. The second-order valence-electron chi connectivity index (χ2n) is 3.95. The number of hydrogen-bond acceptors (Lipinski definition) is 2. The van der Waals surface area contributed by atoms with Crippen LogP contribution in [0.15, 0.2) is 22.6 Å². The van der Waals surface area contributed by atoms with Gasteiger partial charge in [0, 0.05) is 11.8 Å². The highest BCUT2D eigenvalue weighted by atomic mass is 35.5. The summed E-state index contributed by atoms with van der Waals surface area (Å²) in [6.45, 7) is 3.93. The van der Waals surface area contributed by atoms with Crippen molar-refractivity contribution in [3.63, 3.8) is 0 Å². The van der Waals surface area contributed by atoms with Gasteiger partial charge in [-0.25, -0.2) is 0 Å². The number of Topliss-reactive ketones (excluding diaryl/α,β-unsaturated/α-hetero) is 1. The molecule has 1 heterocycles. The molecule has 2 rings (SSSR count). The average molecular weight is 237 g/mol. The summed E-state index contributed by atoms with van der Waals surface area (Å²) in [6.07, 6.45) is 1.33. The summed E-state index contributed by atoms with van der Waals surface area (Å²) in [4.78, 5) is 11.7. The molecule has 0 saturated carbocycles. The van der Waals surface area contributed by atoms with Crippen molar-refractivity contribution in [3.05, 3.63) is 34.5 Å². The van der Waals surface area contributed by atoms with Crippen molar-refractivity contribution in [2.45, 2.75) is 26.7 Å². The Kier molecular flexibility index (Phi) is 3.01. The van der Waals surface area contributed by atoms with E-state index in [1.54, 1.807) is 6.07 Å². The van der Waals surface area contributed by atoms with Gasteiger partial charge in [-0.1, -0.05) is 18.5 Å². The molecule has 0 unspecified atom stereocenters. The summed E-state index contributed by atoms with van der Waals surface area (Å²) in [6, 6.07) is 5.57. The van der Waals surface area contributed by atoms with E-state index in [1.165, 1.54) is 0 Å². The first-order valence-electron chi connectivity index (χ1n) is 5.34. The molecule has 1 aromatic heterocycles. The van der Waals surface area contributed by atoms with E-state index >= 15 is 0 Å². The third-order valence-corrected chi connectivity index (χ3v) is 2.75. The molecule has 0 saturated heterocycles. The molecule has 0 spiro atoms. The standard InChI is InChI=1S/C13H13ClO2/c1-3-4-11(15)12-7-9-5-8(2)6-10(14)13(9)16-12/h5-7H,3-4H2,1-2H3. The number of rotatable bonds is 3. The molecule has 2 nitrogen and oxygen atoms in total. The molecular weight excluding hydrogens is 224 g/mol. The number of halogens is 1. The predicted octanol–water partition coefficient (Wildman–Crippen LogP) is 4.38. The minimum absolute atomic E-state index is 0.0346. The fourth-order valence-electron chi connectivity index (χ4n) is 1.74. The fraction of sp³-hybridized carbons (Fsp3) is 0.308. The lowest BCUT2D eigenvalue weighted by molar-refractivity contribution is 0.0957. The molecule has 0 amide bonds. The highest BCUT2D eigenvalue weighted by molar-refractivity contribution is 6.35. The quantitative estimate of drug-likeness (QED) is 0.741. The summed E-state index contributed by atoms with van der Waals surface area (Å²) in [5, 5.41) is 1.45. The maximum Gasteiger partial charge on any atom is 0.198 e. The summed E-state index contributed by atoms with van der Waals surface area (Å²) < 4.78 is 5.49. The van der Waals surface area contributed by atoms with Gasteiger partial charge in [-0.15, -0.1) is 0 Å². The molecule has 0 aliphatic carbocycles. The number of benzene rings is 1. The first kappa shape index (κ1) is 11.2. The molecule has 0 radical (unpaired) electrons. The van der Waals surface area contributed by atoms with Crippen LogP contribution in [0.3, 0.4) is 0 Å². The van der Waals surface area contributed by atoms with Crippen LogP contribution < -0.4 is 0 Å². The van der Waals surface area contributed by atoms with Crippen LogP contribution in [0.5, 0.6) is 0 Å². The average Bonchev–Trinajstić information content (AvgIpc) is 2.62. The van der Waals surface area contributed by atoms with Crippen molar-refractivity contribution in [3.8, 4) is 0 Å². The minimum Gasteiger partial charge on any atom is -0.451 e. The summed E-state index contributed by atoms with van der Waals surface area (Å²) in [7, 11) is 0. The van der Waals surface area contributed by atoms with Gasteiger partial charge in [0.1, 0.15) is 0 Å². The normalized spacial score (nSPS) is 10.9. The molecule has 0 bridgehead atoms. The fourth-order valence-corrected chi connectivity index (χ4v) is 2.06. The molecule has 2 aromatic rings. The van der Waals surface area contributed by atoms with Crippen LogP contribution in [0.2, 0.25) is 5.02 Å². The Balaban J connectivity index is 2.51. The maximum absolute atomic E-state index is 11.7. The molecule has 0 fully saturated rings. The molecule has 0 atom stereocenters. The van der Waals surface area contributed by atoms with Gasteiger partial charge in [0.25, 0.3) is 0 Å². The number of carbonyl (C=O) groups excluding carboxylic acids is 1. The number of hydrogen-bond donors (Lipinski definition) is 0. The van der Waals surface area contributed by atoms with E-state index in [0.29, 0.717) is 22.8 Å². The van der Waals surface area contributed by atoms with Crippen molar-refractivity contribution in [1.29, 1.82) is 0 Å². The molecular formula is C13H13ClO2. The Bertz CT molecular complexity index is 540. The largest absolute Gasteiger partial charge is 0.451 e. The van der Waals surface area contributed by atoms with Crippen molar-refractivity contribution < 1.29 is 9.21 Å². The summed E-state index contributed by atoms with van der Waals surface area (Å²) >= 11 is 6.05. The molecule has 0 aliphatic rings. The molecule has 1 aromatic carbocycles. The van der Waals surface area contributed by atoms with E-state index in [4.69, 9.17) is 16.0 Å². The van der Waals surface area contributed by atoms with E-state index in [2.05, 4.69) is 0 Å². The smallest absolute Gasteiger partial charge is 0.198 e. The van der Waals surface area contributed by atoms with Crippen molar-refractivity contribution in [2.75, 3.05) is 0 Å². The number of aryl methyl sites for hydroxylation is 1. The Hall–Kier alpha value is -1.28. The lowest BCUT2D eigenvalue weighted by Crippen LogP contribution is -1.94. The van der Waals surface area contributed by atoms with Crippen molar-refractivity contribution >= 4 is 28.4 Å². The SMILES string of the molecule is CCCC(=O)c1cc2cc(C)cc(Cl)c2o1. The van der Waals surface area contributed by atoms with E-state index in [1.807, 2.05) is 26.0 Å². The monoisotopic (exact) mass is 236 g/mol. The van der Waals surface area contributed by atoms with Gasteiger partial charge >= 0.3 is 0 Å². The Morgan fingerprint density at radius 3 is 2.81 bits per heavy atom. The molecule has 0 aliphatic heterocycles. The van der Waals surface area contributed by atoms with Gasteiger partial charge in [0.05, 0.1) is 5.02 Å². The first-order valence-corrected chi connectivity index (χ1v) is 5.72.